The summed E-state index contributed by atoms with van der Waals surface area (Å²) in [6, 6.07) is 13.3. The molecule has 0 amide bonds. The molecule has 98 valence electrons. The van der Waals surface area contributed by atoms with Gasteiger partial charge in [0.25, 0.3) is 0 Å². The molecule has 2 aromatic carbocycles. The molecule has 1 nitrogen and oxygen atoms in total. The van der Waals surface area contributed by atoms with Gasteiger partial charge < -0.3 is 0 Å². The average Bonchev–Trinajstić information content (AvgIpc) is 2.36. The van der Waals surface area contributed by atoms with Gasteiger partial charge in [0.1, 0.15) is 5.78 Å². The zero-order valence-electron chi connectivity index (χ0n) is 10.00. The van der Waals surface area contributed by atoms with Crippen LogP contribution in [-0.4, -0.2) is 5.78 Å². The Labute approximate surface area is 134 Å². The highest BCUT2D eigenvalue weighted by Crippen LogP contribution is 2.23. The number of Topliss-reactive ketones (excluding diaryl/α,β-unsaturated/α-hetero) is 1. The Hall–Kier alpha value is -0.640. The minimum Gasteiger partial charge on any atom is -0.299 e. The molecule has 4 heteroatoms. The lowest BCUT2D eigenvalue weighted by atomic mass is 10.0. The van der Waals surface area contributed by atoms with Crippen LogP contribution in [0.5, 0.6) is 0 Å². The summed E-state index contributed by atoms with van der Waals surface area (Å²) in [7, 11) is 0. The summed E-state index contributed by atoms with van der Waals surface area (Å²) in [5.74, 6) is 0.149. The molecule has 0 saturated heterocycles. The lowest BCUT2D eigenvalue weighted by Crippen LogP contribution is -2.07. The second-order valence-corrected chi connectivity index (χ2v) is 6.40. The summed E-state index contributed by atoms with van der Waals surface area (Å²) in [5.41, 5.74) is 1.86. The van der Waals surface area contributed by atoms with Gasteiger partial charge in [-0.25, -0.2) is 0 Å². The lowest BCUT2D eigenvalue weighted by Gasteiger charge is -2.06. The van der Waals surface area contributed by atoms with Crippen LogP contribution in [0.1, 0.15) is 11.1 Å². The Kier molecular flexibility index (Phi) is 5.20. The highest BCUT2D eigenvalue weighted by molar-refractivity contribution is 9.10. The van der Waals surface area contributed by atoms with Crippen LogP contribution in [0, 0.1) is 0 Å². The number of halogens is 3. The van der Waals surface area contributed by atoms with Gasteiger partial charge in [-0.1, -0.05) is 67.7 Å². The highest BCUT2D eigenvalue weighted by atomic mass is 79.9. The van der Waals surface area contributed by atoms with E-state index in [4.69, 9.17) is 11.6 Å². The minimum absolute atomic E-state index is 0.149. The minimum atomic E-state index is 0.149. The van der Waals surface area contributed by atoms with E-state index < -0.39 is 0 Å². The Morgan fingerprint density at radius 3 is 2.37 bits per heavy atom. The molecule has 0 spiro atoms. The number of benzene rings is 2. The van der Waals surface area contributed by atoms with Crippen molar-refractivity contribution in [3.8, 4) is 0 Å². The van der Waals surface area contributed by atoms with Crippen molar-refractivity contribution < 1.29 is 4.79 Å². The molecule has 19 heavy (non-hydrogen) atoms. The highest BCUT2D eigenvalue weighted by Gasteiger charge is 2.10. The molecular formula is C15H11Br2ClO. The Bertz CT molecular complexity index is 611. The number of ketones is 1. The molecule has 0 heterocycles. The summed E-state index contributed by atoms with van der Waals surface area (Å²) in [6.45, 7) is 0. The van der Waals surface area contributed by atoms with Crippen LogP contribution in [-0.2, 0) is 17.6 Å². The van der Waals surface area contributed by atoms with Crippen LogP contribution in [0.4, 0.5) is 0 Å². The molecule has 0 fully saturated rings. The first-order chi connectivity index (χ1) is 9.06. The van der Waals surface area contributed by atoms with Crippen molar-refractivity contribution >= 4 is 49.2 Å². The van der Waals surface area contributed by atoms with E-state index in [1.807, 2.05) is 42.5 Å². The molecule has 0 atom stereocenters. The van der Waals surface area contributed by atoms with Crippen LogP contribution in [0.15, 0.2) is 51.4 Å². The van der Waals surface area contributed by atoms with E-state index in [0.717, 1.165) is 20.1 Å². The number of carbonyl (C=O) groups is 1. The second kappa shape index (κ2) is 6.69. The van der Waals surface area contributed by atoms with Gasteiger partial charge in [0.2, 0.25) is 0 Å². The lowest BCUT2D eigenvalue weighted by molar-refractivity contribution is -0.117. The van der Waals surface area contributed by atoms with Crippen LogP contribution in [0.25, 0.3) is 0 Å². The van der Waals surface area contributed by atoms with E-state index in [2.05, 4.69) is 31.9 Å². The fraction of sp³-hybridized carbons (Fsp3) is 0.133. The maximum atomic E-state index is 12.1. The standard InChI is InChI=1S/C15H11Br2ClO/c16-12-6-5-11(15(18)9-12)8-13(19)7-10-3-1-2-4-14(10)17/h1-6,9H,7-8H2. The monoisotopic (exact) mass is 400 g/mol. The van der Waals surface area contributed by atoms with Crippen LogP contribution < -0.4 is 0 Å². The van der Waals surface area contributed by atoms with E-state index in [0.29, 0.717) is 17.9 Å². The predicted octanol–water partition coefficient (Wildman–Crippen LogP) is 5.22. The smallest absolute Gasteiger partial charge is 0.141 e. The first-order valence-corrected chi connectivity index (χ1v) is 7.71. The van der Waals surface area contributed by atoms with Gasteiger partial charge in [-0.15, -0.1) is 0 Å². The summed E-state index contributed by atoms with van der Waals surface area (Å²) < 4.78 is 1.88. The fourth-order valence-electron chi connectivity index (χ4n) is 1.79. The van der Waals surface area contributed by atoms with Gasteiger partial charge in [0, 0.05) is 26.8 Å². The van der Waals surface area contributed by atoms with Crippen molar-refractivity contribution in [3.63, 3.8) is 0 Å². The summed E-state index contributed by atoms with van der Waals surface area (Å²) in [5, 5.41) is 0.620. The van der Waals surface area contributed by atoms with Gasteiger partial charge in [-0.2, -0.15) is 0 Å². The molecule has 0 radical (unpaired) electrons. The third-order valence-corrected chi connectivity index (χ3v) is 4.37. The molecule has 2 aromatic rings. The first-order valence-electron chi connectivity index (χ1n) is 5.75. The van der Waals surface area contributed by atoms with Crippen molar-refractivity contribution in [2.45, 2.75) is 12.8 Å². The summed E-state index contributed by atoms with van der Waals surface area (Å²) in [6.07, 6.45) is 0.765. The maximum absolute atomic E-state index is 12.1. The molecule has 0 aliphatic rings. The van der Waals surface area contributed by atoms with Gasteiger partial charge in [0.15, 0.2) is 0 Å². The van der Waals surface area contributed by atoms with Crippen molar-refractivity contribution in [3.05, 3.63) is 67.6 Å². The first kappa shape index (κ1) is 14.8. The molecule has 0 aromatic heterocycles. The quantitative estimate of drug-likeness (QED) is 0.685. The number of carbonyl (C=O) groups excluding carboxylic acids is 1. The van der Waals surface area contributed by atoms with Crippen molar-refractivity contribution in [1.29, 1.82) is 0 Å². The van der Waals surface area contributed by atoms with E-state index in [9.17, 15) is 4.79 Å². The maximum Gasteiger partial charge on any atom is 0.141 e. The molecule has 0 aliphatic carbocycles. The molecule has 0 saturated carbocycles. The zero-order chi connectivity index (χ0) is 13.8. The normalized spacial score (nSPS) is 10.5. The number of rotatable bonds is 4. The average molecular weight is 403 g/mol. The van der Waals surface area contributed by atoms with Crippen molar-refractivity contribution in [1.82, 2.24) is 0 Å². The molecule has 2 rings (SSSR count). The van der Waals surface area contributed by atoms with Crippen LogP contribution >= 0.6 is 43.5 Å². The largest absolute Gasteiger partial charge is 0.299 e. The van der Waals surface area contributed by atoms with Gasteiger partial charge >= 0.3 is 0 Å². The van der Waals surface area contributed by atoms with Crippen LogP contribution in [0.3, 0.4) is 0 Å². The van der Waals surface area contributed by atoms with E-state index in [-0.39, 0.29) is 5.78 Å². The Morgan fingerprint density at radius 1 is 1.00 bits per heavy atom. The van der Waals surface area contributed by atoms with Crippen molar-refractivity contribution in [2.75, 3.05) is 0 Å². The predicted molar refractivity (Wildman–Crippen MR) is 85.7 cm³/mol. The molecular weight excluding hydrogens is 391 g/mol. The van der Waals surface area contributed by atoms with E-state index >= 15 is 0 Å². The Balaban J connectivity index is 2.08. The third-order valence-electron chi connectivity index (χ3n) is 2.75. The van der Waals surface area contributed by atoms with Gasteiger partial charge in [0.05, 0.1) is 0 Å². The molecule has 0 aliphatic heterocycles. The molecule has 0 N–H and O–H groups in total. The summed E-state index contributed by atoms with van der Waals surface area (Å²) >= 11 is 12.9. The fourth-order valence-corrected chi connectivity index (χ4v) is 2.96. The number of hydrogen-bond donors (Lipinski definition) is 0. The molecule has 0 bridgehead atoms. The van der Waals surface area contributed by atoms with E-state index in [1.54, 1.807) is 0 Å². The van der Waals surface area contributed by atoms with E-state index in [1.165, 1.54) is 0 Å². The topological polar surface area (TPSA) is 17.1 Å². The third kappa shape index (κ3) is 4.16. The SMILES string of the molecule is O=C(Cc1ccc(Br)cc1Cl)Cc1ccccc1Br. The van der Waals surface area contributed by atoms with Crippen molar-refractivity contribution in [2.24, 2.45) is 0 Å². The van der Waals surface area contributed by atoms with Gasteiger partial charge in [-0.3, -0.25) is 4.79 Å². The second-order valence-electron chi connectivity index (χ2n) is 4.22. The summed E-state index contributed by atoms with van der Waals surface area (Å²) in [4.78, 5) is 12.1. The molecule has 0 unspecified atom stereocenters. The Morgan fingerprint density at radius 2 is 1.68 bits per heavy atom. The van der Waals surface area contributed by atoms with Gasteiger partial charge in [-0.05, 0) is 29.3 Å². The zero-order valence-corrected chi connectivity index (χ0v) is 13.9. The van der Waals surface area contributed by atoms with Crippen LogP contribution in [0.2, 0.25) is 5.02 Å². The number of hydrogen-bond acceptors (Lipinski definition) is 1.